The second kappa shape index (κ2) is 6.77. The van der Waals surface area contributed by atoms with Crippen LogP contribution in [0.4, 0.5) is 10.5 Å². The number of anilines is 1. The molecular formula is C21H19N3O. The minimum absolute atomic E-state index is 0.0818. The standard InChI is InChI=1S/C21H19N3O/c25-21(23-18-10-12-22-13-11-18)24-14-17-8-4-5-9-19(17)20(15-24)16-6-2-1-3-7-16/h1-13,20H,14-15H2,(H,22,23,25)/t20-/m0/s1. The lowest BCUT2D eigenvalue weighted by molar-refractivity contribution is 0.203. The molecule has 0 saturated heterocycles. The number of urea groups is 1. The molecule has 4 nitrogen and oxygen atoms in total. The van der Waals surface area contributed by atoms with E-state index in [0.717, 1.165) is 5.69 Å². The summed E-state index contributed by atoms with van der Waals surface area (Å²) in [6.07, 6.45) is 3.35. The fraction of sp³-hybridized carbons (Fsp3) is 0.143. The molecule has 2 aromatic carbocycles. The Balaban J connectivity index is 1.62. The molecule has 0 fully saturated rings. The fourth-order valence-corrected chi connectivity index (χ4v) is 3.37. The number of fused-ring (bicyclic) bond motifs is 1. The van der Waals surface area contributed by atoms with Crippen LogP contribution in [0.5, 0.6) is 0 Å². The molecule has 1 aliphatic heterocycles. The van der Waals surface area contributed by atoms with Gasteiger partial charge < -0.3 is 10.2 Å². The van der Waals surface area contributed by atoms with Crippen LogP contribution in [0.1, 0.15) is 22.6 Å². The third kappa shape index (κ3) is 3.24. The van der Waals surface area contributed by atoms with Crippen molar-refractivity contribution in [1.29, 1.82) is 0 Å². The van der Waals surface area contributed by atoms with Gasteiger partial charge in [0.15, 0.2) is 0 Å². The third-order valence-corrected chi connectivity index (χ3v) is 4.62. The smallest absolute Gasteiger partial charge is 0.319 e. The van der Waals surface area contributed by atoms with Crippen molar-refractivity contribution in [2.45, 2.75) is 12.5 Å². The average Bonchev–Trinajstić information content (AvgIpc) is 2.68. The molecular weight excluding hydrogens is 310 g/mol. The van der Waals surface area contributed by atoms with Crippen molar-refractivity contribution in [2.75, 3.05) is 11.9 Å². The summed E-state index contributed by atoms with van der Waals surface area (Å²) in [6.45, 7) is 1.29. The fourth-order valence-electron chi connectivity index (χ4n) is 3.37. The summed E-state index contributed by atoms with van der Waals surface area (Å²) in [6, 6.07) is 22.3. The maximum Gasteiger partial charge on any atom is 0.322 e. The lowest BCUT2D eigenvalue weighted by Crippen LogP contribution is -2.41. The van der Waals surface area contributed by atoms with E-state index in [4.69, 9.17) is 0 Å². The van der Waals surface area contributed by atoms with Crippen LogP contribution in [0.15, 0.2) is 79.1 Å². The van der Waals surface area contributed by atoms with Crippen molar-refractivity contribution in [3.63, 3.8) is 0 Å². The van der Waals surface area contributed by atoms with Gasteiger partial charge in [0.25, 0.3) is 0 Å². The van der Waals surface area contributed by atoms with Crippen LogP contribution in [-0.2, 0) is 6.54 Å². The van der Waals surface area contributed by atoms with E-state index in [0.29, 0.717) is 13.1 Å². The number of nitrogens with zero attached hydrogens (tertiary/aromatic N) is 2. The van der Waals surface area contributed by atoms with Gasteiger partial charge in [0.05, 0.1) is 0 Å². The highest BCUT2D eigenvalue weighted by Gasteiger charge is 2.28. The Labute approximate surface area is 147 Å². The third-order valence-electron chi connectivity index (χ3n) is 4.62. The lowest BCUT2D eigenvalue weighted by Gasteiger charge is -2.35. The van der Waals surface area contributed by atoms with E-state index >= 15 is 0 Å². The minimum atomic E-state index is -0.0818. The highest BCUT2D eigenvalue weighted by atomic mass is 16.2. The molecule has 0 spiro atoms. The maximum absolute atomic E-state index is 12.7. The minimum Gasteiger partial charge on any atom is -0.319 e. The Kier molecular flexibility index (Phi) is 4.17. The lowest BCUT2D eigenvalue weighted by atomic mass is 9.85. The number of benzene rings is 2. The first-order chi connectivity index (χ1) is 12.3. The monoisotopic (exact) mass is 329 g/mol. The Morgan fingerprint density at radius 3 is 2.48 bits per heavy atom. The summed E-state index contributed by atoms with van der Waals surface area (Å²) in [4.78, 5) is 18.6. The van der Waals surface area contributed by atoms with Gasteiger partial charge in [0, 0.05) is 37.1 Å². The highest BCUT2D eigenvalue weighted by molar-refractivity contribution is 5.89. The number of hydrogen-bond donors (Lipinski definition) is 1. The quantitative estimate of drug-likeness (QED) is 0.763. The van der Waals surface area contributed by atoms with Crippen LogP contribution in [0.25, 0.3) is 0 Å². The second-order valence-electron chi connectivity index (χ2n) is 6.21. The first kappa shape index (κ1) is 15.4. The molecule has 1 aromatic heterocycles. The Morgan fingerprint density at radius 1 is 0.960 bits per heavy atom. The van der Waals surface area contributed by atoms with Crippen molar-refractivity contribution in [1.82, 2.24) is 9.88 Å². The van der Waals surface area contributed by atoms with Gasteiger partial charge in [0.2, 0.25) is 0 Å². The SMILES string of the molecule is O=C(Nc1ccncc1)N1Cc2ccccc2[C@H](c2ccccc2)C1. The van der Waals surface area contributed by atoms with Crippen LogP contribution in [-0.4, -0.2) is 22.5 Å². The average molecular weight is 329 g/mol. The number of pyridine rings is 1. The predicted molar refractivity (Wildman–Crippen MR) is 98.4 cm³/mol. The zero-order chi connectivity index (χ0) is 17.1. The van der Waals surface area contributed by atoms with Crippen molar-refractivity contribution in [3.05, 3.63) is 95.8 Å². The van der Waals surface area contributed by atoms with Crippen LogP contribution in [0.3, 0.4) is 0 Å². The Bertz CT molecular complexity index is 865. The summed E-state index contributed by atoms with van der Waals surface area (Å²) < 4.78 is 0. The Morgan fingerprint density at radius 2 is 1.68 bits per heavy atom. The van der Waals surface area contributed by atoms with Gasteiger partial charge in [-0.1, -0.05) is 54.6 Å². The van der Waals surface area contributed by atoms with E-state index in [1.54, 1.807) is 24.5 Å². The number of amides is 2. The van der Waals surface area contributed by atoms with Crippen molar-refractivity contribution in [2.24, 2.45) is 0 Å². The molecule has 4 heteroatoms. The number of carbonyl (C=O) groups excluding carboxylic acids is 1. The first-order valence-corrected chi connectivity index (χ1v) is 8.40. The van der Waals surface area contributed by atoms with E-state index in [2.05, 4.69) is 40.6 Å². The summed E-state index contributed by atoms with van der Waals surface area (Å²) in [5.74, 6) is 0.189. The van der Waals surface area contributed by atoms with Gasteiger partial charge in [-0.3, -0.25) is 4.98 Å². The molecule has 1 atom stereocenters. The molecule has 25 heavy (non-hydrogen) atoms. The van der Waals surface area contributed by atoms with Gasteiger partial charge in [0.1, 0.15) is 0 Å². The number of nitrogens with one attached hydrogen (secondary N) is 1. The van der Waals surface area contributed by atoms with Gasteiger partial charge in [-0.2, -0.15) is 0 Å². The highest BCUT2D eigenvalue weighted by Crippen LogP contribution is 2.33. The molecule has 0 radical (unpaired) electrons. The van der Waals surface area contributed by atoms with Crippen LogP contribution < -0.4 is 5.32 Å². The van der Waals surface area contributed by atoms with Gasteiger partial charge in [-0.25, -0.2) is 4.79 Å². The summed E-state index contributed by atoms with van der Waals surface area (Å²) in [5, 5.41) is 2.96. The zero-order valence-corrected chi connectivity index (χ0v) is 13.8. The normalized spacial score (nSPS) is 16.2. The molecule has 1 aliphatic rings. The van der Waals surface area contributed by atoms with Gasteiger partial charge in [-0.15, -0.1) is 0 Å². The first-order valence-electron chi connectivity index (χ1n) is 8.40. The van der Waals surface area contributed by atoms with Crippen molar-refractivity contribution < 1.29 is 4.79 Å². The molecule has 124 valence electrons. The summed E-state index contributed by atoms with van der Waals surface area (Å²) in [7, 11) is 0. The molecule has 2 amide bonds. The molecule has 0 saturated carbocycles. The summed E-state index contributed by atoms with van der Waals surface area (Å²) in [5.41, 5.74) is 4.50. The van der Waals surface area contributed by atoms with E-state index in [1.165, 1.54) is 16.7 Å². The van der Waals surface area contributed by atoms with Crippen molar-refractivity contribution >= 4 is 11.7 Å². The van der Waals surface area contributed by atoms with E-state index in [1.807, 2.05) is 29.2 Å². The Hall–Kier alpha value is -3.14. The second-order valence-corrected chi connectivity index (χ2v) is 6.21. The molecule has 0 bridgehead atoms. The molecule has 3 aromatic rings. The van der Waals surface area contributed by atoms with E-state index < -0.39 is 0 Å². The largest absolute Gasteiger partial charge is 0.322 e. The molecule has 0 aliphatic carbocycles. The topological polar surface area (TPSA) is 45.2 Å². The van der Waals surface area contributed by atoms with Gasteiger partial charge in [-0.05, 0) is 28.8 Å². The van der Waals surface area contributed by atoms with E-state index in [9.17, 15) is 4.79 Å². The van der Waals surface area contributed by atoms with Crippen LogP contribution in [0, 0.1) is 0 Å². The number of rotatable bonds is 2. The molecule has 1 N–H and O–H groups in total. The molecule has 0 unspecified atom stereocenters. The molecule has 2 heterocycles. The predicted octanol–water partition coefficient (Wildman–Crippen LogP) is 4.26. The van der Waals surface area contributed by atoms with Crippen LogP contribution in [0.2, 0.25) is 0 Å². The number of carbonyl (C=O) groups is 1. The van der Waals surface area contributed by atoms with Gasteiger partial charge >= 0.3 is 6.03 Å². The van der Waals surface area contributed by atoms with Crippen LogP contribution >= 0.6 is 0 Å². The zero-order valence-electron chi connectivity index (χ0n) is 13.8. The maximum atomic E-state index is 12.7. The van der Waals surface area contributed by atoms with Crippen molar-refractivity contribution in [3.8, 4) is 0 Å². The molecule has 4 rings (SSSR count). The van der Waals surface area contributed by atoms with E-state index in [-0.39, 0.29) is 11.9 Å². The summed E-state index contributed by atoms with van der Waals surface area (Å²) >= 11 is 0. The number of hydrogen-bond acceptors (Lipinski definition) is 2. The number of aromatic nitrogens is 1.